The van der Waals surface area contributed by atoms with E-state index in [0.717, 1.165) is 35.0 Å². The van der Waals surface area contributed by atoms with Gasteiger partial charge in [-0.2, -0.15) is 4.31 Å². The van der Waals surface area contributed by atoms with E-state index in [0.29, 0.717) is 43.1 Å². The van der Waals surface area contributed by atoms with E-state index in [1.165, 1.54) is 17.1 Å². The summed E-state index contributed by atoms with van der Waals surface area (Å²) in [6.07, 6.45) is 4.50. The van der Waals surface area contributed by atoms with E-state index in [4.69, 9.17) is 11.6 Å². The molecule has 9 heteroatoms. The summed E-state index contributed by atoms with van der Waals surface area (Å²) in [4.78, 5) is 13.4. The standard InChI is InChI=1S/C17H26ClN3O3S2/c1-13-2-4-14(5-3-13)19-16(22)12-20-8-10-21(11-9-20)26(23,24)17-7-6-15(18)25-17/h6-7,13-14H,2-5,8-12H2,1H3,(H,19,22)/p+1. The summed E-state index contributed by atoms with van der Waals surface area (Å²) >= 11 is 6.94. The summed E-state index contributed by atoms with van der Waals surface area (Å²) in [5.74, 6) is 0.850. The molecule has 2 fully saturated rings. The maximum atomic E-state index is 12.6. The fraction of sp³-hybridized carbons (Fsp3) is 0.706. The number of sulfonamides is 1. The molecule has 0 atom stereocenters. The van der Waals surface area contributed by atoms with Gasteiger partial charge >= 0.3 is 0 Å². The summed E-state index contributed by atoms with van der Waals surface area (Å²) in [5.41, 5.74) is 0. The summed E-state index contributed by atoms with van der Waals surface area (Å²) in [6, 6.07) is 3.47. The number of hydrogen-bond donors (Lipinski definition) is 2. The zero-order valence-electron chi connectivity index (χ0n) is 15.0. The molecule has 1 aliphatic carbocycles. The summed E-state index contributed by atoms with van der Waals surface area (Å²) in [7, 11) is -3.47. The number of carbonyl (C=O) groups excluding carboxylic acids is 1. The Labute approximate surface area is 164 Å². The maximum absolute atomic E-state index is 12.6. The first-order valence-corrected chi connectivity index (χ1v) is 11.9. The third-order valence-electron chi connectivity index (χ3n) is 5.36. The smallest absolute Gasteiger partial charge is 0.275 e. The largest absolute Gasteiger partial charge is 0.348 e. The summed E-state index contributed by atoms with van der Waals surface area (Å²) in [6.45, 7) is 4.84. The van der Waals surface area contributed by atoms with E-state index in [2.05, 4.69) is 12.2 Å². The number of rotatable bonds is 5. The Balaban J connectivity index is 1.45. The molecule has 1 aliphatic heterocycles. The lowest BCUT2D eigenvalue weighted by Gasteiger charge is -2.31. The molecular weight excluding hydrogens is 394 g/mol. The minimum absolute atomic E-state index is 0.0842. The lowest BCUT2D eigenvalue weighted by Crippen LogP contribution is -3.15. The lowest BCUT2D eigenvalue weighted by molar-refractivity contribution is -0.895. The SMILES string of the molecule is CC1CCC(NC(=O)C[NH+]2CCN(S(=O)(=O)c3ccc(Cl)s3)CC2)CC1. The van der Waals surface area contributed by atoms with E-state index >= 15 is 0 Å². The zero-order valence-corrected chi connectivity index (χ0v) is 17.4. The zero-order chi connectivity index (χ0) is 18.7. The van der Waals surface area contributed by atoms with Gasteiger partial charge in [0.25, 0.3) is 15.9 Å². The van der Waals surface area contributed by atoms with Crippen molar-refractivity contribution < 1.29 is 18.1 Å². The van der Waals surface area contributed by atoms with Crippen LogP contribution in [0, 0.1) is 5.92 Å². The second-order valence-corrected chi connectivity index (χ2v) is 11.3. The minimum atomic E-state index is -3.47. The number of piperazine rings is 1. The van der Waals surface area contributed by atoms with E-state index in [9.17, 15) is 13.2 Å². The van der Waals surface area contributed by atoms with Crippen LogP contribution in [0.5, 0.6) is 0 Å². The van der Waals surface area contributed by atoms with Crippen LogP contribution in [0.4, 0.5) is 0 Å². The molecule has 146 valence electrons. The van der Waals surface area contributed by atoms with E-state index < -0.39 is 10.0 Å². The van der Waals surface area contributed by atoms with Crippen molar-refractivity contribution in [3.63, 3.8) is 0 Å². The van der Waals surface area contributed by atoms with E-state index in [1.807, 2.05) is 0 Å². The summed E-state index contributed by atoms with van der Waals surface area (Å²) in [5, 5.41) is 3.15. The van der Waals surface area contributed by atoms with Crippen LogP contribution < -0.4 is 10.2 Å². The van der Waals surface area contributed by atoms with Crippen LogP contribution in [-0.2, 0) is 14.8 Å². The van der Waals surface area contributed by atoms with Gasteiger partial charge in [0.1, 0.15) is 4.21 Å². The van der Waals surface area contributed by atoms with Crippen molar-refractivity contribution in [3.05, 3.63) is 16.5 Å². The van der Waals surface area contributed by atoms with Crippen molar-refractivity contribution in [1.29, 1.82) is 0 Å². The second-order valence-electron chi connectivity index (χ2n) is 7.41. The van der Waals surface area contributed by atoms with Gasteiger partial charge in [-0.1, -0.05) is 18.5 Å². The van der Waals surface area contributed by atoms with Gasteiger partial charge in [-0.05, 0) is 43.7 Å². The highest BCUT2D eigenvalue weighted by Crippen LogP contribution is 2.28. The quantitative estimate of drug-likeness (QED) is 0.746. The van der Waals surface area contributed by atoms with Gasteiger partial charge in [-0.25, -0.2) is 8.42 Å². The fourth-order valence-corrected chi connectivity index (χ4v) is 6.77. The Morgan fingerprint density at radius 3 is 2.50 bits per heavy atom. The molecule has 1 saturated heterocycles. The molecule has 0 spiro atoms. The predicted octanol–water partition coefficient (Wildman–Crippen LogP) is 0.986. The monoisotopic (exact) mass is 420 g/mol. The number of nitrogens with zero attached hydrogens (tertiary/aromatic N) is 1. The molecule has 1 aromatic heterocycles. The lowest BCUT2D eigenvalue weighted by atomic mass is 9.87. The maximum Gasteiger partial charge on any atom is 0.275 e. The third kappa shape index (κ3) is 4.98. The third-order valence-corrected chi connectivity index (χ3v) is 8.96. The Hall–Kier alpha value is -0.670. The van der Waals surface area contributed by atoms with Gasteiger partial charge in [-0.15, -0.1) is 11.3 Å². The number of thiophene rings is 1. The van der Waals surface area contributed by atoms with Crippen molar-refractivity contribution in [2.75, 3.05) is 32.7 Å². The molecule has 2 aliphatic rings. The Bertz CT molecular complexity index is 721. The normalized spacial score (nSPS) is 25.9. The molecule has 1 aromatic rings. The molecule has 0 radical (unpaired) electrons. The van der Waals surface area contributed by atoms with Gasteiger partial charge in [0.15, 0.2) is 6.54 Å². The second kappa shape index (κ2) is 8.56. The number of carbonyl (C=O) groups is 1. The first-order chi connectivity index (χ1) is 12.3. The number of quaternary nitrogens is 1. The number of hydrogen-bond acceptors (Lipinski definition) is 4. The van der Waals surface area contributed by atoms with Crippen molar-refractivity contribution >= 4 is 38.9 Å². The Morgan fingerprint density at radius 1 is 1.27 bits per heavy atom. The van der Waals surface area contributed by atoms with Gasteiger partial charge in [0, 0.05) is 6.04 Å². The van der Waals surface area contributed by atoms with Crippen LogP contribution in [0.25, 0.3) is 0 Å². The van der Waals surface area contributed by atoms with E-state index in [1.54, 1.807) is 12.1 Å². The number of amides is 1. The molecule has 0 bridgehead atoms. The number of nitrogens with one attached hydrogen (secondary N) is 2. The van der Waals surface area contributed by atoms with Crippen molar-refractivity contribution in [2.24, 2.45) is 5.92 Å². The fourth-order valence-electron chi connectivity index (χ4n) is 3.69. The van der Waals surface area contributed by atoms with Gasteiger partial charge in [0.05, 0.1) is 30.5 Å². The van der Waals surface area contributed by atoms with Crippen molar-refractivity contribution in [3.8, 4) is 0 Å². The molecule has 2 heterocycles. The van der Waals surface area contributed by atoms with Crippen molar-refractivity contribution in [2.45, 2.75) is 42.9 Å². The first kappa shape index (κ1) is 20.1. The Morgan fingerprint density at radius 2 is 1.92 bits per heavy atom. The van der Waals surface area contributed by atoms with Crippen LogP contribution in [0.3, 0.4) is 0 Å². The predicted molar refractivity (Wildman–Crippen MR) is 103 cm³/mol. The van der Waals surface area contributed by atoms with Crippen molar-refractivity contribution in [1.82, 2.24) is 9.62 Å². The van der Waals surface area contributed by atoms with Gasteiger partial charge < -0.3 is 10.2 Å². The molecule has 0 aromatic carbocycles. The molecule has 1 amide bonds. The summed E-state index contributed by atoms with van der Waals surface area (Å²) < 4.78 is 27.5. The first-order valence-electron chi connectivity index (χ1n) is 9.23. The van der Waals surface area contributed by atoms with Crippen LogP contribution in [0.15, 0.2) is 16.3 Å². The van der Waals surface area contributed by atoms with Gasteiger partial charge in [0.2, 0.25) is 0 Å². The highest BCUT2D eigenvalue weighted by Gasteiger charge is 2.32. The molecular formula is C17H27ClN3O3S2+. The minimum Gasteiger partial charge on any atom is -0.348 e. The van der Waals surface area contributed by atoms with Crippen LogP contribution in [0.1, 0.15) is 32.6 Å². The van der Waals surface area contributed by atoms with Crippen LogP contribution >= 0.6 is 22.9 Å². The average Bonchev–Trinajstić information content (AvgIpc) is 3.05. The molecule has 2 N–H and O–H groups in total. The van der Waals surface area contributed by atoms with E-state index in [-0.39, 0.29) is 10.1 Å². The van der Waals surface area contributed by atoms with Crippen LogP contribution in [-0.4, -0.2) is 57.4 Å². The molecule has 26 heavy (non-hydrogen) atoms. The number of halogens is 1. The highest BCUT2D eigenvalue weighted by molar-refractivity contribution is 7.91. The van der Waals surface area contributed by atoms with Gasteiger partial charge in [-0.3, -0.25) is 4.79 Å². The molecule has 3 rings (SSSR count). The topological polar surface area (TPSA) is 70.9 Å². The van der Waals surface area contributed by atoms with Crippen LogP contribution in [0.2, 0.25) is 4.34 Å². The highest BCUT2D eigenvalue weighted by atomic mass is 35.5. The Kier molecular flexibility index (Phi) is 6.61. The molecule has 6 nitrogen and oxygen atoms in total. The molecule has 1 saturated carbocycles. The molecule has 0 unspecified atom stereocenters. The average molecular weight is 421 g/mol.